The molecule has 11 heteroatoms. The van der Waals surface area contributed by atoms with E-state index in [9.17, 15) is 14.4 Å². The second kappa shape index (κ2) is 9.97. The maximum atomic E-state index is 13.5. The highest BCUT2D eigenvalue weighted by molar-refractivity contribution is 6.32. The highest BCUT2D eigenvalue weighted by atomic mass is 16.2. The van der Waals surface area contributed by atoms with Crippen molar-refractivity contribution in [2.75, 3.05) is 23.4 Å². The molecule has 2 aromatic carbocycles. The Bertz CT molecular complexity index is 1630. The van der Waals surface area contributed by atoms with Gasteiger partial charge in [0, 0.05) is 30.8 Å². The summed E-state index contributed by atoms with van der Waals surface area (Å²) in [6.45, 7) is 1.70. The fraction of sp³-hybridized carbons (Fsp3) is 0.111. The first-order chi connectivity index (χ1) is 18.4. The van der Waals surface area contributed by atoms with E-state index in [0.717, 1.165) is 0 Å². The van der Waals surface area contributed by atoms with E-state index in [1.807, 2.05) is 6.07 Å². The zero-order chi connectivity index (χ0) is 26.8. The van der Waals surface area contributed by atoms with Crippen LogP contribution in [0, 0.1) is 0 Å². The van der Waals surface area contributed by atoms with Crippen molar-refractivity contribution in [1.82, 2.24) is 15.0 Å². The number of ketones is 2. The number of nitrogens with two attached hydrogens (primary N) is 1. The number of fused-ring (bicyclic) bond motifs is 2. The number of hydrogen-bond donors (Lipinski definition) is 3. The maximum Gasteiger partial charge on any atom is 0.224 e. The topological polar surface area (TPSA) is 165 Å². The number of benzene rings is 2. The van der Waals surface area contributed by atoms with Crippen molar-refractivity contribution in [2.24, 2.45) is 10.2 Å². The molecule has 1 aliphatic carbocycles. The zero-order valence-corrected chi connectivity index (χ0v) is 20.5. The molecule has 0 bridgehead atoms. The lowest BCUT2D eigenvalue weighted by Crippen LogP contribution is -2.23. The molecule has 5 rings (SSSR count). The molecule has 1 aliphatic rings. The minimum absolute atomic E-state index is 0.0580. The molecule has 0 saturated carbocycles. The molecule has 0 saturated heterocycles. The first kappa shape index (κ1) is 24.4. The van der Waals surface area contributed by atoms with Crippen LogP contribution in [-0.4, -0.2) is 39.5 Å². The highest BCUT2D eigenvalue weighted by Gasteiger charge is 2.34. The molecule has 2 aromatic heterocycles. The second-order valence-electron chi connectivity index (χ2n) is 8.28. The van der Waals surface area contributed by atoms with Crippen molar-refractivity contribution in [2.45, 2.75) is 13.3 Å². The third kappa shape index (κ3) is 4.26. The lowest BCUT2D eigenvalue weighted by atomic mass is 9.82. The van der Waals surface area contributed by atoms with Crippen molar-refractivity contribution >= 4 is 46.2 Å². The summed E-state index contributed by atoms with van der Waals surface area (Å²) in [5, 5.41) is 14.2. The monoisotopic (exact) mass is 506 g/mol. The number of carbonyl (C=O) groups excluding carboxylic acids is 3. The summed E-state index contributed by atoms with van der Waals surface area (Å²) < 4.78 is 0. The van der Waals surface area contributed by atoms with Crippen LogP contribution in [0.4, 0.5) is 28.7 Å². The molecule has 4 N–H and O–H groups in total. The first-order valence-electron chi connectivity index (χ1n) is 11.8. The Balaban J connectivity index is 1.56. The largest absolute Gasteiger partial charge is 0.382 e. The summed E-state index contributed by atoms with van der Waals surface area (Å²) in [6.07, 6.45) is 1.86. The van der Waals surface area contributed by atoms with Gasteiger partial charge >= 0.3 is 0 Å². The van der Waals surface area contributed by atoms with E-state index >= 15 is 0 Å². The summed E-state index contributed by atoms with van der Waals surface area (Å²) >= 11 is 0. The van der Waals surface area contributed by atoms with Gasteiger partial charge in [0.15, 0.2) is 34.7 Å². The van der Waals surface area contributed by atoms with E-state index in [-0.39, 0.29) is 51.8 Å². The van der Waals surface area contributed by atoms with Crippen LogP contribution in [-0.2, 0) is 4.79 Å². The van der Waals surface area contributed by atoms with Crippen molar-refractivity contribution < 1.29 is 14.4 Å². The maximum absolute atomic E-state index is 13.5. The van der Waals surface area contributed by atoms with Crippen molar-refractivity contribution in [3.63, 3.8) is 0 Å². The summed E-state index contributed by atoms with van der Waals surface area (Å²) in [4.78, 5) is 52.0. The molecule has 0 unspecified atom stereocenters. The molecule has 188 valence electrons. The SMILES string of the molecule is CCC(=O)Nc1cccc2c1C(=O)c1cccc(/N=N/c3c(N)nc(-c4ccccn4)nc3NC)c1C2=O. The summed E-state index contributed by atoms with van der Waals surface area (Å²) in [7, 11) is 1.65. The van der Waals surface area contributed by atoms with Gasteiger partial charge < -0.3 is 16.4 Å². The van der Waals surface area contributed by atoms with Gasteiger partial charge in [-0.05, 0) is 24.3 Å². The number of rotatable bonds is 6. The Labute approximate surface area is 217 Å². The van der Waals surface area contributed by atoms with Gasteiger partial charge in [-0.3, -0.25) is 19.4 Å². The number of nitrogen functional groups attached to an aromatic ring is 1. The summed E-state index contributed by atoms with van der Waals surface area (Å²) in [5.41, 5.74) is 7.99. The van der Waals surface area contributed by atoms with Crippen molar-refractivity contribution in [1.29, 1.82) is 0 Å². The summed E-state index contributed by atoms with van der Waals surface area (Å²) in [5.74, 6) is -0.371. The van der Waals surface area contributed by atoms with E-state index in [4.69, 9.17) is 5.73 Å². The van der Waals surface area contributed by atoms with Crippen LogP contribution in [0.25, 0.3) is 11.5 Å². The first-order valence-corrected chi connectivity index (χ1v) is 11.8. The van der Waals surface area contributed by atoms with E-state index in [0.29, 0.717) is 23.0 Å². The molecule has 1 amide bonds. The average Bonchev–Trinajstić information content (AvgIpc) is 2.95. The van der Waals surface area contributed by atoms with Gasteiger partial charge in [-0.25, -0.2) is 9.97 Å². The lowest BCUT2D eigenvalue weighted by molar-refractivity contribution is -0.115. The van der Waals surface area contributed by atoms with Gasteiger partial charge in [-0.15, -0.1) is 10.2 Å². The Hall–Kier alpha value is -5.32. The fourth-order valence-corrected chi connectivity index (χ4v) is 4.11. The number of carbonyl (C=O) groups is 3. The van der Waals surface area contributed by atoms with Crippen LogP contribution >= 0.6 is 0 Å². The molecule has 38 heavy (non-hydrogen) atoms. The Morgan fingerprint density at radius 3 is 2.37 bits per heavy atom. The minimum Gasteiger partial charge on any atom is -0.382 e. The molecule has 0 atom stereocenters. The number of amides is 1. The molecule has 11 nitrogen and oxygen atoms in total. The van der Waals surface area contributed by atoms with Gasteiger partial charge in [-0.1, -0.05) is 37.3 Å². The van der Waals surface area contributed by atoms with Crippen LogP contribution in [0.2, 0.25) is 0 Å². The number of nitrogens with zero attached hydrogens (tertiary/aromatic N) is 5. The molecule has 2 heterocycles. The smallest absolute Gasteiger partial charge is 0.224 e. The Morgan fingerprint density at radius 1 is 0.921 bits per heavy atom. The third-order valence-electron chi connectivity index (χ3n) is 5.95. The van der Waals surface area contributed by atoms with Crippen LogP contribution in [0.1, 0.15) is 45.2 Å². The molecule has 0 radical (unpaired) electrons. The molecule has 0 fully saturated rings. The van der Waals surface area contributed by atoms with E-state index < -0.39 is 11.6 Å². The predicted molar refractivity (Wildman–Crippen MR) is 142 cm³/mol. The molecule has 0 spiro atoms. The minimum atomic E-state index is -0.402. The molecule has 0 aliphatic heterocycles. The van der Waals surface area contributed by atoms with E-state index in [2.05, 4.69) is 35.8 Å². The number of azo groups is 1. The van der Waals surface area contributed by atoms with Crippen molar-refractivity contribution in [3.05, 3.63) is 83.0 Å². The Kier molecular flexibility index (Phi) is 6.40. The van der Waals surface area contributed by atoms with Crippen LogP contribution in [0.15, 0.2) is 71.0 Å². The number of anilines is 3. The van der Waals surface area contributed by atoms with E-state index in [1.165, 1.54) is 0 Å². The van der Waals surface area contributed by atoms with Gasteiger partial charge in [-0.2, -0.15) is 0 Å². The van der Waals surface area contributed by atoms with Gasteiger partial charge in [0.2, 0.25) is 5.91 Å². The predicted octanol–water partition coefficient (Wildman–Crippen LogP) is 4.70. The van der Waals surface area contributed by atoms with Crippen LogP contribution < -0.4 is 16.4 Å². The number of nitrogens with one attached hydrogen (secondary N) is 2. The number of hydrogen-bond acceptors (Lipinski definition) is 10. The van der Waals surface area contributed by atoms with Crippen LogP contribution in [0.3, 0.4) is 0 Å². The second-order valence-corrected chi connectivity index (χ2v) is 8.28. The zero-order valence-electron chi connectivity index (χ0n) is 20.5. The highest BCUT2D eigenvalue weighted by Crippen LogP contribution is 2.38. The average molecular weight is 507 g/mol. The third-order valence-corrected chi connectivity index (χ3v) is 5.95. The lowest BCUT2D eigenvalue weighted by Gasteiger charge is -2.21. The quantitative estimate of drug-likeness (QED) is 0.279. The number of pyridine rings is 1. The van der Waals surface area contributed by atoms with Crippen LogP contribution in [0.5, 0.6) is 0 Å². The van der Waals surface area contributed by atoms with Gasteiger partial charge in [0.25, 0.3) is 0 Å². The van der Waals surface area contributed by atoms with Gasteiger partial charge in [0.1, 0.15) is 5.69 Å². The standard InChI is InChI=1S/C27H22N8O3/c1-3-19(36)31-16-11-6-8-14-20(16)23(37)15-9-7-12-17(21(15)24(14)38)34-35-22-25(28)32-26(33-27(22)29-2)18-10-4-5-13-30-18/h4-13H,3H2,1-2H3,(H,31,36)(H3,28,29,32,33)/b35-34+. The normalized spacial score (nSPS) is 12.3. The molecular formula is C27H22N8O3. The van der Waals surface area contributed by atoms with E-state index in [1.54, 1.807) is 68.7 Å². The molecule has 4 aromatic rings. The van der Waals surface area contributed by atoms with Crippen molar-refractivity contribution in [3.8, 4) is 11.5 Å². The Morgan fingerprint density at radius 2 is 1.66 bits per heavy atom. The summed E-state index contributed by atoms with van der Waals surface area (Å²) in [6, 6.07) is 14.9. The fourth-order valence-electron chi connectivity index (χ4n) is 4.11. The van der Waals surface area contributed by atoms with Gasteiger partial charge in [0.05, 0.1) is 22.5 Å². The molecular weight excluding hydrogens is 484 g/mol. The number of aromatic nitrogens is 3.